The lowest BCUT2D eigenvalue weighted by Crippen LogP contribution is -2.23. The number of hydrogen-bond acceptors (Lipinski definition) is 6. The Bertz CT molecular complexity index is 1030. The van der Waals surface area contributed by atoms with Crippen molar-refractivity contribution in [3.05, 3.63) is 87.3 Å². The molecule has 1 aliphatic heterocycles. The fraction of sp³-hybridized carbons (Fsp3) is 0.238. The van der Waals surface area contributed by atoms with Crippen LogP contribution >= 0.6 is 0 Å². The van der Waals surface area contributed by atoms with Crippen molar-refractivity contribution in [3.8, 4) is 0 Å². The smallest absolute Gasteiger partial charge is 0.293 e. The highest BCUT2D eigenvalue weighted by atomic mass is 16.6. The molecule has 1 saturated heterocycles. The molecule has 1 fully saturated rings. The number of hydrogen-bond donors (Lipinski definition) is 0. The molecule has 0 aliphatic carbocycles. The molecule has 0 radical (unpaired) electrons. The van der Waals surface area contributed by atoms with E-state index in [9.17, 15) is 14.9 Å². The van der Waals surface area contributed by atoms with Crippen molar-refractivity contribution in [2.75, 3.05) is 11.4 Å². The third-order valence-corrected chi connectivity index (χ3v) is 5.02. The van der Waals surface area contributed by atoms with Gasteiger partial charge in [-0.25, -0.2) is 0 Å². The van der Waals surface area contributed by atoms with Crippen molar-refractivity contribution < 1.29 is 14.2 Å². The first-order valence-electron chi connectivity index (χ1n) is 9.12. The number of anilines is 1. The van der Waals surface area contributed by atoms with Crippen LogP contribution in [0.15, 0.2) is 59.1 Å². The van der Waals surface area contributed by atoms with E-state index < -0.39 is 4.92 Å². The molecule has 0 N–H and O–H groups in total. The second-order valence-corrected chi connectivity index (χ2v) is 6.87. The first kappa shape index (κ1) is 17.9. The van der Waals surface area contributed by atoms with Crippen LogP contribution in [0.5, 0.6) is 0 Å². The summed E-state index contributed by atoms with van der Waals surface area (Å²) in [5.74, 6) is 0.473. The van der Waals surface area contributed by atoms with Gasteiger partial charge in [0.1, 0.15) is 17.1 Å². The molecule has 1 atom stereocenters. The summed E-state index contributed by atoms with van der Waals surface area (Å²) in [7, 11) is 0. The van der Waals surface area contributed by atoms with E-state index in [1.807, 2.05) is 24.0 Å². The van der Waals surface area contributed by atoms with Crippen molar-refractivity contribution >= 4 is 17.2 Å². The summed E-state index contributed by atoms with van der Waals surface area (Å²) in [6.45, 7) is 2.51. The predicted molar refractivity (Wildman–Crippen MR) is 104 cm³/mol. The largest absolute Gasteiger partial charge is 0.361 e. The number of carbonyl (C=O) groups excluding carboxylic acids is 1. The molecule has 7 heteroatoms. The number of nitro benzene ring substituents is 1. The number of aryl methyl sites for hydroxylation is 1. The van der Waals surface area contributed by atoms with Gasteiger partial charge in [-0.1, -0.05) is 35.5 Å². The van der Waals surface area contributed by atoms with Crippen LogP contribution in [0.1, 0.15) is 46.3 Å². The van der Waals surface area contributed by atoms with Crippen LogP contribution in [-0.4, -0.2) is 22.4 Å². The Labute approximate surface area is 161 Å². The molecule has 0 amide bonds. The summed E-state index contributed by atoms with van der Waals surface area (Å²) < 4.78 is 5.18. The van der Waals surface area contributed by atoms with Gasteiger partial charge in [0.15, 0.2) is 5.78 Å². The molecular formula is C21H19N3O4. The van der Waals surface area contributed by atoms with Crippen LogP contribution in [-0.2, 0) is 0 Å². The van der Waals surface area contributed by atoms with Crippen molar-refractivity contribution in [2.24, 2.45) is 0 Å². The van der Waals surface area contributed by atoms with Gasteiger partial charge in [0, 0.05) is 29.8 Å². The standard InChI is InChI=1S/C21H19N3O4/c1-14-12-17(22-28-14)18-8-5-11-23(18)19-10-9-16(13-20(19)24(26)27)21(25)15-6-3-2-4-7-15/h2-4,6-7,9-10,12-13,18H,5,8,11H2,1H3/t18-/m1/s1. The number of carbonyl (C=O) groups is 1. The fourth-order valence-electron chi connectivity index (χ4n) is 3.72. The second-order valence-electron chi connectivity index (χ2n) is 6.87. The van der Waals surface area contributed by atoms with Gasteiger partial charge in [-0.15, -0.1) is 0 Å². The van der Waals surface area contributed by atoms with Gasteiger partial charge in [0.05, 0.1) is 11.0 Å². The lowest BCUT2D eigenvalue weighted by atomic mass is 10.0. The fourth-order valence-corrected chi connectivity index (χ4v) is 3.72. The molecule has 0 bridgehead atoms. The molecule has 2 heterocycles. The molecule has 0 saturated carbocycles. The molecule has 2 aromatic carbocycles. The first-order chi connectivity index (χ1) is 13.5. The number of nitro groups is 1. The predicted octanol–water partition coefficient (Wildman–Crippen LogP) is 4.46. The number of benzene rings is 2. The maximum Gasteiger partial charge on any atom is 0.293 e. The van der Waals surface area contributed by atoms with E-state index in [1.54, 1.807) is 36.4 Å². The Kier molecular flexibility index (Phi) is 4.65. The van der Waals surface area contributed by atoms with E-state index in [4.69, 9.17) is 4.52 Å². The third-order valence-electron chi connectivity index (χ3n) is 5.02. The molecule has 0 spiro atoms. The normalized spacial score (nSPS) is 16.3. The van der Waals surface area contributed by atoms with Crippen LogP contribution in [0.3, 0.4) is 0 Å². The minimum absolute atomic E-state index is 0.0751. The van der Waals surface area contributed by atoms with Crippen LogP contribution in [0.4, 0.5) is 11.4 Å². The molecule has 28 heavy (non-hydrogen) atoms. The Morgan fingerprint density at radius 3 is 2.64 bits per heavy atom. The Balaban J connectivity index is 1.71. The highest BCUT2D eigenvalue weighted by Crippen LogP contribution is 2.40. The van der Waals surface area contributed by atoms with Crippen molar-refractivity contribution in [1.29, 1.82) is 0 Å². The molecule has 0 unspecified atom stereocenters. The van der Waals surface area contributed by atoms with Crippen LogP contribution in [0.2, 0.25) is 0 Å². The SMILES string of the molecule is Cc1cc([C@H]2CCCN2c2ccc(C(=O)c3ccccc3)cc2[N+](=O)[O-])no1. The van der Waals surface area contributed by atoms with E-state index in [2.05, 4.69) is 5.16 Å². The highest BCUT2D eigenvalue weighted by Gasteiger charge is 2.33. The lowest BCUT2D eigenvalue weighted by molar-refractivity contribution is -0.384. The highest BCUT2D eigenvalue weighted by molar-refractivity contribution is 6.09. The summed E-state index contributed by atoms with van der Waals surface area (Å²) in [5.41, 5.74) is 2.00. The summed E-state index contributed by atoms with van der Waals surface area (Å²) in [6, 6.07) is 15.2. The van der Waals surface area contributed by atoms with Gasteiger partial charge >= 0.3 is 0 Å². The maximum atomic E-state index is 12.7. The van der Waals surface area contributed by atoms with Gasteiger partial charge in [0.25, 0.3) is 5.69 Å². The molecule has 1 aliphatic rings. The molecule has 7 nitrogen and oxygen atoms in total. The number of rotatable bonds is 5. The first-order valence-corrected chi connectivity index (χ1v) is 9.12. The van der Waals surface area contributed by atoms with Gasteiger partial charge < -0.3 is 9.42 Å². The van der Waals surface area contributed by atoms with Gasteiger partial charge in [-0.05, 0) is 31.9 Å². The van der Waals surface area contributed by atoms with Crippen molar-refractivity contribution in [2.45, 2.75) is 25.8 Å². The van der Waals surface area contributed by atoms with Gasteiger partial charge in [-0.3, -0.25) is 14.9 Å². The zero-order valence-corrected chi connectivity index (χ0v) is 15.4. The topological polar surface area (TPSA) is 89.5 Å². The van der Waals surface area contributed by atoms with Crippen molar-refractivity contribution in [3.63, 3.8) is 0 Å². The lowest BCUT2D eigenvalue weighted by Gasteiger charge is -2.25. The monoisotopic (exact) mass is 377 g/mol. The Morgan fingerprint density at radius 1 is 1.18 bits per heavy atom. The third kappa shape index (κ3) is 3.26. The quantitative estimate of drug-likeness (QED) is 0.370. The Morgan fingerprint density at radius 2 is 1.96 bits per heavy atom. The van der Waals surface area contributed by atoms with Gasteiger partial charge in [0.2, 0.25) is 0 Å². The minimum atomic E-state index is -0.430. The summed E-state index contributed by atoms with van der Waals surface area (Å²) >= 11 is 0. The zero-order valence-electron chi connectivity index (χ0n) is 15.4. The molecule has 142 valence electrons. The average molecular weight is 377 g/mol. The molecular weight excluding hydrogens is 358 g/mol. The number of ketones is 1. The van der Waals surface area contributed by atoms with E-state index in [-0.39, 0.29) is 17.5 Å². The molecule has 1 aromatic heterocycles. The van der Waals surface area contributed by atoms with E-state index >= 15 is 0 Å². The summed E-state index contributed by atoms with van der Waals surface area (Å²) in [4.78, 5) is 26.0. The number of nitrogens with zero attached hydrogens (tertiary/aromatic N) is 3. The van der Waals surface area contributed by atoms with Crippen molar-refractivity contribution in [1.82, 2.24) is 5.16 Å². The van der Waals surface area contributed by atoms with Crippen LogP contribution < -0.4 is 4.90 Å². The zero-order chi connectivity index (χ0) is 19.7. The molecule has 3 aromatic rings. The van der Waals surface area contributed by atoms with E-state index in [0.29, 0.717) is 29.1 Å². The summed E-state index contributed by atoms with van der Waals surface area (Å²) in [5, 5.41) is 15.9. The second kappa shape index (κ2) is 7.26. The molecule has 4 rings (SSSR count). The van der Waals surface area contributed by atoms with E-state index in [1.165, 1.54) is 6.07 Å². The maximum absolute atomic E-state index is 12.7. The number of aromatic nitrogens is 1. The summed E-state index contributed by atoms with van der Waals surface area (Å²) in [6.07, 6.45) is 1.74. The van der Waals surface area contributed by atoms with Crippen LogP contribution in [0, 0.1) is 17.0 Å². The van der Waals surface area contributed by atoms with Gasteiger partial charge in [-0.2, -0.15) is 0 Å². The average Bonchev–Trinajstić information content (AvgIpc) is 3.36. The van der Waals surface area contributed by atoms with E-state index in [0.717, 1.165) is 18.5 Å². The van der Waals surface area contributed by atoms with Crippen LogP contribution in [0.25, 0.3) is 0 Å². The Hall–Kier alpha value is -3.48. The minimum Gasteiger partial charge on any atom is -0.361 e.